The highest BCUT2D eigenvalue weighted by Gasteiger charge is 2.49. The van der Waals surface area contributed by atoms with E-state index in [4.69, 9.17) is 4.74 Å². The fourth-order valence-electron chi connectivity index (χ4n) is 2.23. The summed E-state index contributed by atoms with van der Waals surface area (Å²) < 4.78 is 4.98. The van der Waals surface area contributed by atoms with Crippen molar-refractivity contribution >= 4 is 23.4 Å². The average Bonchev–Trinajstić information content (AvgIpc) is 2.85. The molecule has 1 amide bonds. The number of hydrogen-bond donors (Lipinski definition) is 1. The Labute approximate surface area is 115 Å². The molecule has 1 N–H and O–H groups in total. The Hall–Kier alpha value is -1.82. The van der Waals surface area contributed by atoms with Gasteiger partial charge in [-0.1, -0.05) is 12.7 Å². The van der Waals surface area contributed by atoms with Crippen molar-refractivity contribution in [2.24, 2.45) is 0 Å². The van der Waals surface area contributed by atoms with Crippen LogP contribution in [0, 0.1) is 0 Å². The standard InChI is InChI=1S/C13H15NO4S/c1-3-7-18-12(17)14-6-4-9-5-8-19-10(9)13(14,2)11(15)16/h3,5,8H,1,4,6-7H2,2H3,(H,15,16). The lowest BCUT2D eigenvalue weighted by Gasteiger charge is -2.40. The van der Waals surface area contributed by atoms with Crippen molar-refractivity contribution in [3.8, 4) is 0 Å². The Morgan fingerprint density at radius 1 is 1.68 bits per heavy atom. The number of rotatable bonds is 3. The van der Waals surface area contributed by atoms with Crippen molar-refractivity contribution in [2.45, 2.75) is 18.9 Å². The van der Waals surface area contributed by atoms with Gasteiger partial charge in [0.2, 0.25) is 0 Å². The largest absolute Gasteiger partial charge is 0.479 e. The number of amides is 1. The first kappa shape index (κ1) is 13.6. The van der Waals surface area contributed by atoms with Crippen LogP contribution in [-0.2, 0) is 21.5 Å². The Kier molecular flexibility index (Phi) is 3.61. The molecule has 0 radical (unpaired) electrons. The predicted molar refractivity (Wildman–Crippen MR) is 71.3 cm³/mol. The maximum absolute atomic E-state index is 12.0. The molecule has 0 saturated carbocycles. The van der Waals surface area contributed by atoms with Crippen molar-refractivity contribution in [1.29, 1.82) is 0 Å². The summed E-state index contributed by atoms with van der Waals surface area (Å²) in [6, 6.07) is 1.91. The molecule has 0 aliphatic carbocycles. The molecule has 5 nitrogen and oxygen atoms in total. The first-order valence-corrected chi connectivity index (χ1v) is 6.75. The van der Waals surface area contributed by atoms with Gasteiger partial charge >= 0.3 is 12.1 Å². The number of ether oxygens (including phenoxy) is 1. The van der Waals surface area contributed by atoms with Crippen molar-refractivity contribution in [3.63, 3.8) is 0 Å². The quantitative estimate of drug-likeness (QED) is 0.863. The van der Waals surface area contributed by atoms with Crippen LogP contribution in [-0.4, -0.2) is 35.2 Å². The Morgan fingerprint density at radius 2 is 2.42 bits per heavy atom. The zero-order valence-electron chi connectivity index (χ0n) is 10.6. The molecule has 0 spiro atoms. The van der Waals surface area contributed by atoms with Crippen molar-refractivity contribution in [1.82, 2.24) is 4.90 Å². The van der Waals surface area contributed by atoms with Crippen LogP contribution in [0.1, 0.15) is 17.4 Å². The fourth-order valence-corrected chi connectivity index (χ4v) is 3.35. The van der Waals surface area contributed by atoms with Crippen molar-refractivity contribution in [3.05, 3.63) is 34.5 Å². The highest BCUT2D eigenvalue weighted by atomic mass is 32.1. The lowest BCUT2D eigenvalue weighted by molar-refractivity contribution is -0.150. The van der Waals surface area contributed by atoms with Gasteiger partial charge in [-0.2, -0.15) is 0 Å². The highest BCUT2D eigenvalue weighted by molar-refractivity contribution is 7.10. The molecule has 1 aromatic heterocycles. The number of carbonyl (C=O) groups is 2. The molecule has 1 aliphatic rings. The van der Waals surface area contributed by atoms with Gasteiger partial charge in [0.05, 0.1) is 0 Å². The Balaban J connectivity index is 2.37. The summed E-state index contributed by atoms with van der Waals surface area (Å²) in [5, 5.41) is 11.4. The van der Waals surface area contributed by atoms with E-state index in [1.807, 2.05) is 11.4 Å². The normalized spacial score (nSPS) is 21.6. The maximum Gasteiger partial charge on any atom is 0.411 e. The number of carboxylic acids is 1. The molecule has 0 saturated heterocycles. The molecule has 0 bridgehead atoms. The summed E-state index contributed by atoms with van der Waals surface area (Å²) in [6.45, 7) is 5.42. The number of nitrogens with zero attached hydrogens (tertiary/aromatic N) is 1. The van der Waals surface area contributed by atoms with Gasteiger partial charge < -0.3 is 9.84 Å². The minimum Gasteiger partial charge on any atom is -0.479 e. The number of thiophene rings is 1. The predicted octanol–water partition coefficient (Wildman–Crippen LogP) is 2.23. The topological polar surface area (TPSA) is 66.8 Å². The van der Waals surface area contributed by atoms with E-state index in [1.165, 1.54) is 22.3 Å². The Bertz CT molecular complexity index is 524. The number of carbonyl (C=O) groups excluding carboxylic acids is 1. The zero-order valence-corrected chi connectivity index (χ0v) is 11.4. The average molecular weight is 281 g/mol. The van der Waals surface area contributed by atoms with Crippen LogP contribution in [0.4, 0.5) is 4.79 Å². The summed E-state index contributed by atoms with van der Waals surface area (Å²) in [4.78, 5) is 25.6. The highest BCUT2D eigenvalue weighted by Crippen LogP contribution is 2.39. The molecule has 19 heavy (non-hydrogen) atoms. The van der Waals surface area contributed by atoms with E-state index < -0.39 is 17.6 Å². The minimum absolute atomic E-state index is 0.0718. The molecular weight excluding hydrogens is 266 g/mol. The third-order valence-corrected chi connectivity index (χ3v) is 4.46. The van der Waals surface area contributed by atoms with Gasteiger partial charge in [-0.15, -0.1) is 11.3 Å². The van der Waals surface area contributed by atoms with E-state index in [9.17, 15) is 14.7 Å². The lowest BCUT2D eigenvalue weighted by atomic mass is 9.89. The first-order chi connectivity index (χ1) is 9.01. The number of fused-ring (bicyclic) bond motifs is 1. The van der Waals surface area contributed by atoms with E-state index in [0.29, 0.717) is 17.8 Å². The molecule has 102 valence electrons. The van der Waals surface area contributed by atoms with Crippen molar-refractivity contribution in [2.75, 3.05) is 13.2 Å². The molecule has 1 atom stereocenters. The number of hydrogen-bond acceptors (Lipinski definition) is 4. The van der Waals surface area contributed by atoms with Gasteiger partial charge in [0.15, 0.2) is 5.54 Å². The van der Waals surface area contributed by atoms with Crippen LogP contribution in [0.15, 0.2) is 24.1 Å². The van der Waals surface area contributed by atoms with Gasteiger partial charge in [0.1, 0.15) is 6.61 Å². The molecular formula is C13H15NO4S. The maximum atomic E-state index is 12.0. The second kappa shape index (κ2) is 5.05. The van der Waals surface area contributed by atoms with Gasteiger partial charge in [0.25, 0.3) is 0 Å². The molecule has 0 fully saturated rings. The van der Waals surface area contributed by atoms with Crippen LogP contribution in [0.2, 0.25) is 0 Å². The van der Waals surface area contributed by atoms with Crippen LogP contribution in [0.3, 0.4) is 0 Å². The Morgan fingerprint density at radius 3 is 3.05 bits per heavy atom. The van der Waals surface area contributed by atoms with Crippen LogP contribution in [0.25, 0.3) is 0 Å². The summed E-state index contributed by atoms with van der Waals surface area (Å²) in [6.07, 6.45) is 1.48. The van der Waals surface area contributed by atoms with Crippen molar-refractivity contribution < 1.29 is 19.4 Å². The summed E-state index contributed by atoms with van der Waals surface area (Å²) in [7, 11) is 0. The second-order valence-electron chi connectivity index (χ2n) is 4.42. The number of aliphatic carboxylic acids is 1. The summed E-state index contributed by atoms with van der Waals surface area (Å²) in [5.74, 6) is -1.05. The van der Waals surface area contributed by atoms with E-state index >= 15 is 0 Å². The third-order valence-electron chi connectivity index (χ3n) is 3.29. The van der Waals surface area contributed by atoms with E-state index in [1.54, 1.807) is 6.92 Å². The fraction of sp³-hybridized carbons (Fsp3) is 0.385. The van der Waals surface area contributed by atoms with E-state index in [2.05, 4.69) is 6.58 Å². The van der Waals surface area contributed by atoms with Crippen LogP contribution >= 0.6 is 11.3 Å². The first-order valence-electron chi connectivity index (χ1n) is 5.87. The summed E-state index contributed by atoms with van der Waals surface area (Å²) in [5.41, 5.74) is -0.373. The summed E-state index contributed by atoms with van der Waals surface area (Å²) >= 11 is 1.36. The van der Waals surface area contributed by atoms with E-state index in [-0.39, 0.29) is 6.61 Å². The zero-order chi connectivity index (χ0) is 14.0. The van der Waals surface area contributed by atoms with Gasteiger partial charge in [-0.3, -0.25) is 4.90 Å². The molecule has 6 heteroatoms. The minimum atomic E-state index is -1.36. The van der Waals surface area contributed by atoms with Crippen LogP contribution in [0.5, 0.6) is 0 Å². The molecule has 1 aliphatic heterocycles. The SMILES string of the molecule is C=CCOC(=O)N1CCc2ccsc2C1(C)C(=O)O. The molecule has 1 aromatic rings. The smallest absolute Gasteiger partial charge is 0.411 e. The van der Waals surface area contributed by atoms with Gasteiger partial charge in [-0.25, -0.2) is 9.59 Å². The van der Waals surface area contributed by atoms with Crippen LogP contribution < -0.4 is 0 Å². The molecule has 1 unspecified atom stereocenters. The third kappa shape index (κ3) is 2.12. The monoisotopic (exact) mass is 281 g/mol. The van der Waals surface area contributed by atoms with E-state index in [0.717, 1.165) is 5.56 Å². The van der Waals surface area contributed by atoms with Gasteiger partial charge in [0, 0.05) is 11.4 Å². The molecule has 0 aromatic carbocycles. The van der Waals surface area contributed by atoms with Gasteiger partial charge in [-0.05, 0) is 30.4 Å². The second-order valence-corrected chi connectivity index (χ2v) is 5.34. The molecule has 2 rings (SSSR count). The number of carboxylic acid groups (broad SMARTS) is 1. The lowest BCUT2D eigenvalue weighted by Crippen LogP contribution is -2.55. The molecule has 2 heterocycles.